The van der Waals surface area contributed by atoms with Crippen LogP contribution in [0, 0.1) is 0 Å². The monoisotopic (exact) mass is 261 g/mol. The standard InChI is InChI=1S/C14H19N3O2/c1-15-9-11-4-5-12(18-3)8-13(11)19-10-14-16-6-7-17(14)2/h4-8,15H,9-10H2,1-3H3. The van der Waals surface area contributed by atoms with Gasteiger partial charge in [0.15, 0.2) is 0 Å². The van der Waals surface area contributed by atoms with Crippen LogP contribution in [-0.2, 0) is 20.2 Å². The van der Waals surface area contributed by atoms with Crippen LogP contribution in [0.1, 0.15) is 11.4 Å². The predicted molar refractivity (Wildman–Crippen MR) is 73.3 cm³/mol. The highest BCUT2D eigenvalue weighted by atomic mass is 16.5. The average Bonchev–Trinajstić information content (AvgIpc) is 2.83. The van der Waals surface area contributed by atoms with Gasteiger partial charge in [-0.15, -0.1) is 0 Å². The van der Waals surface area contributed by atoms with Gasteiger partial charge < -0.3 is 19.4 Å². The molecule has 0 spiro atoms. The minimum absolute atomic E-state index is 0.438. The zero-order chi connectivity index (χ0) is 13.7. The van der Waals surface area contributed by atoms with E-state index in [4.69, 9.17) is 9.47 Å². The van der Waals surface area contributed by atoms with Crippen LogP contribution < -0.4 is 14.8 Å². The van der Waals surface area contributed by atoms with Gasteiger partial charge in [-0.05, 0) is 13.1 Å². The first-order valence-corrected chi connectivity index (χ1v) is 6.15. The molecular weight excluding hydrogens is 242 g/mol. The lowest BCUT2D eigenvalue weighted by Gasteiger charge is -2.12. The molecule has 0 aliphatic rings. The third kappa shape index (κ3) is 3.26. The Morgan fingerprint density at radius 1 is 1.37 bits per heavy atom. The number of aromatic nitrogens is 2. The zero-order valence-corrected chi connectivity index (χ0v) is 11.5. The van der Waals surface area contributed by atoms with Gasteiger partial charge in [0.25, 0.3) is 0 Å². The van der Waals surface area contributed by atoms with E-state index in [1.165, 1.54) is 0 Å². The molecule has 0 saturated heterocycles. The third-order valence-electron chi connectivity index (χ3n) is 2.92. The number of nitrogens with one attached hydrogen (secondary N) is 1. The molecule has 0 aliphatic heterocycles. The summed E-state index contributed by atoms with van der Waals surface area (Å²) in [4.78, 5) is 4.24. The van der Waals surface area contributed by atoms with Crippen molar-refractivity contribution in [2.45, 2.75) is 13.2 Å². The molecule has 0 aliphatic carbocycles. The normalized spacial score (nSPS) is 10.5. The summed E-state index contributed by atoms with van der Waals surface area (Å²) in [6.45, 7) is 1.19. The van der Waals surface area contributed by atoms with Crippen molar-refractivity contribution in [3.63, 3.8) is 0 Å². The van der Waals surface area contributed by atoms with E-state index in [0.717, 1.165) is 29.4 Å². The van der Waals surface area contributed by atoms with Gasteiger partial charge in [0.2, 0.25) is 0 Å². The summed E-state index contributed by atoms with van der Waals surface area (Å²) in [5.74, 6) is 2.49. The van der Waals surface area contributed by atoms with Gasteiger partial charge in [0.05, 0.1) is 7.11 Å². The fraction of sp³-hybridized carbons (Fsp3) is 0.357. The first-order chi connectivity index (χ1) is 9.24. The molecule has 0 atom stereocenters. The van der Waals surface area contributed by atoms with Gasteiger partial charge in [-0.1, -0.05) is 6.07 Å². The van der Waals surface area contributed by atoms with Crippen molar-refractivity contribution in [2.24, 2.45) is 7.05 Å². The van der Waals surface area contributed by atoms with Crippen molar-refractivity contribution in [1.29, 1.82) is 0 Å². The quantitative estimate of drug-likeness (QED) is 0.860. The molecule has 1 N–H and O–H groups in total. The summed E-state index contributed by atoms with van der Waals surface area (Å²) in [6, 6.07) is 5.83. The van der Waals surface area contributed by atoms with Crippen LogP contribution in [0.15, 0.2) is 30.6 Å². The minimum atomic E-state index is 0.438. The Bertz CT molecular complexity index is 537. The number of imidazole rings is 1. The van der Waals surface area contributed by atoms with Crippen molar-refractivity contribution < 1.29 is 9.47 Å². The third-order valence-corrected chi connectivity index (χ3v) is 2.92. The Balaban J connectivity index is 2.15. The lowest BCUT2D eigenvalue weighted by atomic mass is 10.2. The highest BCUT2D eigenvalue weighted by Gasteiger charge is 2.07. The van der Waals surface area contributed by atoms with E-state index in [-0.39, 0.29) is 0 Å². The number of methoxy groups -OCH3 is 1. The summed E-state index contributed by atoms with van der Waals surface area (Å²) in [5.41, 5.74) is 1.09. The molecule has 5 heteroatoms. The summed E-state index contributed by atoms with van der Waals surface area (Å²) >= 11 is 0. The number of aryl methyl sites for hydroxylation is 1. The highest BCUT2D eigenvalue weighted by Crippen LogP contribution is 2.25. The number of hydrogen-bond acceptors (Lipinski definition) is 4. The lowest BCUT2D eigenvalue weighted by Crippen LogP contribution is -2.09. The number of benzene rings is 1. The Morgan fingerprint density at radius 2 is 2.21 bits per heavy atom. The van der Waals surface area contributed by atoms with Crippen LogP contribution in [0.4, 0.5) is 0 Å². The largest absolute Gasteiger partial charge is 0.497 e. The summed E-state index contributed by atoms with van der Waals surface area (Å²) in [7, 11) is 5.51. The molecular formula is C14H19N3O2. The van der Waals surface area contributed by atoms with Gasteiger partial charge in [-0.2, -0.15) is 0 Å². The molecule has 1 heterocycles. The predicted octanol–water partition coefficient (Wildman–Crippen LogP) is 1.73. The Hall–Kier alpha value is -2.01. The van der Waals surface area contributed by atoms with Crippen LogP contribution >= 0.6 is 0 Å². The van der Waals surface area contributed by atoms with Crippen molar-refractivity contribution in [3.8, 4) is 11.5 Å². The maximum Gasteiger partial charge on any atom is 0.146 e. The van der Waals surface area contributed by atoms with Crippen LogP contribution in [0.2, 0.25) is 0 Å². The van der Waals surface area contributed by atoms with E-state index in [2.05, 4.69) is 10.3 Å². The van der Waals surface area contributed by atoms with Gasteiger partial charge in [0, 0.05) is 37.6 Å². The number of rotatable bonds is 6. The molecule has 0 bridgehead atoms. The summed E-state index contributed by atoms with van der Waals surface area (Å²) in [6.07, 6.45) is 3.66. The lowest BCUT2D eigenvalue weighted by molar-refractivity contribution is 0.286. The van der Waals surface area contributed by atoms with Crippen molar-refractivity contribution in [2.75, 3.05) is 14.2 Å². The Morgan fingerprint density at radius 3 is 2.84 bits per heavy atom. The second-order valence-corrected chi connectivity index (χ2v) is 4.25. The Labute approximate surface area is 113 Å². The number of ether oxygens (including phenoxy) is 2. The highest BCUT2D eigenvalue weighted by molar-refractivity contribution is 5.40. The smallest absolute Gasteiger partial charge is 0.146 e. The van der Waals surface area contributed by atoms with E-state index in [1.807, 2.05) is 43.1 Å². The van der Waals surface area contributed by atoms with Gasteiger partial charge in [-0.25, -0.2) is 4.98 Å². The molecule has 0 unspecified atom stereocenters. The van der Waals surface area contributed by atoms with Gasteiger partial charge in [-0.3, -0.25) is 0 Å². The molecule has 1 aromatic carbocycles. The van der Waals surface area contributed by atoms with E-state index in [1.54, 1.807) is 13.3 Å². The molecule has 2 rings (SSSR count). The molecule has 0 amide bonds. The summed E-state index contributed by atoms with van der Waals surface area (Å²) in [5, 5.41) is 3.12. The molecule has 5 nitrogen and oxygen atoms in total. The molecule has 19 heavy (non-hydrogen) atoms. The molecule has 1 aromatic heterocycles. The fourth-order valence-corrected chi connectivity index (χ4v) is 1.81. The second kappa shape index (κ2) is 6.24. The minimum Gasteiger partial charge on any atom is -0.497 e. The maximum atomic E-state index is 5.85. The van der Waals surface area contributed by atoms with Crippen LogP contribution in [-0.4, -0.2) is 23.7 Å². The van der Waals surface area contributed by atoms with E-state index in [0.29, 0.717) is 6.61 Å². The SMILES string of the molecule is CNCc1ccc(OC)cc1OCc1nccn1C. The van der Waals surface area contributed by atoms with E-state index < -0.39 is 0 Å². The van der Waals surface area contributed by atoms with Gasteiger partial charge >= 0.3 is 0 Å². The van der Waals surface area contributed by atoms with E-state index >= 15 is 0 Å². The number of nitrogens with zero attached hydrogens (tertiary/aromatic N) is 2. The van der Waals surface area contributed by atoms with Crippen LogP contribution in [0.25, 0.3) is 0 Å². The van der Waals surface area contributed by atoms with Crippen molar-refractivity contribution >= 4 is 0 Å². The number of hydrogen-bond donors (Lipinski definition) is 1. The first kappa shape index (κ1) is 13.4. The molecule has 0 fully saturated rings. The maximum absolute atomic E-state index is 5.85. The summed E-state index contributed by atoms with van der Waals surface area (Å²) < 4.78 is 13.0. The molecule has 0 saturated carbocycles. The van der Waals surface area contributed by atoms with Gasteiger partial charge in [0.1, 0.15) is 23.9 Å². The van der Waals surface area contributed by atoms with Crippen LogP contribution in [0.3, 0.4) is 0 Å². The van der Waals surface area contributed by atoms with E-state index in [9.17, 15) is 0 Å². The van der Waals surface area contributed by atoms with Crippen molar-refractivity contribution in [1.82, 2.24) is 14.9 Å². The average molecular weight is 261 g/mol. The Kier molecular flexibility index (Phi) is 4.41. The molecule has 2 aromatic rings. The van der Waals surface area contributed by atoms with Crippen molar-refractivity contribution in [3.05, 3.63) is 42.0 Å². The second-order valence-electron chi connectivity index (χ2n) is 4.25. The first-order valence-electron chi connectivity index (χ1n) is 6.15. The molecule has 102 valence electrons. The van der Waals surface area contributed by atoms with Crippen LogP contribution in [0.5, 0.6) is 11.5 Å². The topological polar surface area (TPSA) is 48.3 Å². The zero-order valence-electron chi connectivity index (χ0n) is 11.5. The molecule has 0 radical (unpaired) electrons. The fourth-order valence-electron chi connectivity index (χ4n) is 1.81.